The molecule has 0 amide bonds. The summed E-state index contributed by atoms with van der Waals surface area (Å²) in [5, 5.41) is 20.9. The lowest BCUT2D eigenvalue weighted by atomic mass is 10.1. The zero-order valence-corrected chi connectivity index (χ0v) is 11.9. The maximum atomic E-state index is 13.9. The summed E-state index contributed by atoms with van der Waals surface area (Å²) in [7, 11) is 0. The molecular formula is C15H11FN2O2S. The number of nitriles is 1. The Bertz CT molecular complexity index is 741. The quantitative estimate of drug-likeness (QED) is 0.839. The zero-order valence-electron chi connectivity index (χ0n) is 11.1. The Morgan fingerprint density at radius 2 is 2.10 bits per heavy atom. The smallest absolute Gasteiger partial charge is 0.335 e. The van der Waals surface area contributed by atoms with Crippen LogP contribution in [-0.2, 0) is 0 Å². The van der Waals surface area contributed by atoms with Gasteiger partial charge in [-0.25, -0.2) is 9.18 Å². The molecule has 0 radical (unpaired) electrons. The van der Waals surface area contributed by atoms with Crippen molar-refractivity contribution in [3.8, 4) is 6.07 Å². The summed E-state index contributed by atoms with van der Waals surface area (Å²) in [5.74, 6) is -1.88. The Morgan fingerprint density at radius 3 is 2.67 bits per heavy atom. The van der Waals surface area contributed by atoms with Crippen LogP contribution in [0.3, 0.4) is 0 Å². The van der Waals surface area contributed by atoms with Crippen molar-refractivity contribution in [1.29, 1.82) is 5.26 Å². The molecule has 0 spiro atoms. The van der Waals surface area contributed by atoms with Crippen LogP contribution in [0.4, 0.5) is 15.8 Å². The molecule has 0 aromatic heterocycles. The average Bonchev–Trinajstić information content (AvgIpc) is 2.48. The highest BCUT2D eigenvalue weighted by Crippen LogP contribution is 2.29. The fourth-order valence-corrected chi connectivity index (χ4v) is 2.39. The van der Waals surface area contributed by atoms with Gasteiger partial charge in [0.15, 0.2) is 0 Å². The zero-order chi connectivity index (χ0) is 15.4. The number of rotatable bonds is 4. The molecule has 106 valence electrons. The predicted molar refractivity (Wildman–Crippen MR) is 79.6 cm³/mol. The molecule has 0 aliphatic heterocycles. The molecule has 0 bridgehead atoms. The van der Waals surface area contributed by atoms with Crippen molar-refractivity contribution >= 4 is 29.1 Å². The number of nitrogens with one attached hydrogen (secondary N) is 1. The number of thioether (sulfide) groups is 1. The van der Waals surface area contributed by atoms with Gasteiger partial charge in [-0.05, 0) is 36.6 Å². The summed E-state index contributed by atoms with van der Waals surface area (Å²) in [4.78, 5) is 11.6. The van der Waals surface area contributed by atoms with Gasteiger partial charge in [0.2, 0.25) is 0 Å². The highest BCUT2D eigenvalue weighted by molar-refractivity contribution is 7.98. The van der Waals surface area contributed by atoms with E-state index in [-0.39, 0.29) is 11.3 Å². The molecule has 0 unspecified atom stereocenters. The number of nitrogens with zero attached hydrogens (tertiary/aromatic N) is 1. The number of halogens is 1. The number of benzene rings is 2. The third-order valence-corrected chi connectivity index (χ3v) is 3.62. The molecule has 0 aliphatic carbocycles. The van der Waals surface area contributed by atoms with E-state index in [1.165, 1.54) is 23.9 Å². The van der Waals surface area contributed by atoms with E-state index in [2.05, 4.69) is 11.4 Å². The Kier molecular flexibility index (Phi) is 4.45. The molecule has 0 saturated heterocycles. The van der Waals surface area contributed by atoms with E-state index in [1.54, 1.807) is 18.2 Å². The monoisotopic (exact) mass is 302 g/mol. The van der Waals surface area contributed by atoms with Gasteiger partial charge < -0.3 is 10.4 Å². The molecule has 0 heterocycles. The fraction of sp³-hybridized carbons (Fsp3) is 0.0667. The van der Waals surface area contributed by atoms with E-state index in [0.717, 1.165) is 11.0 Å². The Morgan fingerprint density at radius 1 is 1.33 bits per heavy atom. The van der Waals surface area contributed by atoms with Gasteiger partial charge in [0, 0.05) is 4.90 Å². The minimum atomic E-state index is -1.19. The average molecular weight is 302 g/mol. The lowest BCUT2D eigenvalue weighted by Gasteiger charge is -2.11. The molecule has 21 heavy (non-hydrogen) atoms. The Labute approximate surface area is 125 Å². The van der Waals surface area contributed by atoms with E-state index in [1.807, 2.05) is 6.26 Å². The SMILES string of the molecule is CSc1cccc(Nc2ccc(C(=O)O)cc2F)c1C#N. The summed E-state index contributed by atoms with van der Waals surface area (Å²) in [6.45, 7) is 0. The lowest BCUT2D eigenvalue weighted by molar-refractivity contribution is 0.0696. The molecule has 2 aromatic carbocycles. The van der Waals surface area contributed by atoms with Gasteiger partial charge in [0.05, 0.1) is 22.5 Å². The number of anilines is 2. The molecule has 0 fully saturated rings. The Hall–Kier alpha value is -2.52. The molecular weight excluding hydrogens is 291 g/mol. The minimum absolute atomic E-state index is 0.120. The van der Waals surface area contributed by atoms with Crippen LogP contribution in [0.25, 0.3) is 0 Å². The van der Waals surface area contributed by atoms with Crippen molar-refractivity contribution in [3.05, 3.63) is 53.3 Å². The molecule has 0 saturated carbocycles. The van der Waals surface area contributed by atoms with E-state index in [9.17, 15) is 14.4 Å². The second-order valence-electron chi connectivity index (χ2n) is 4.12. The first-order valence-electron chi connectivity index (χ1n) is 5.93. The van der Waals surface area contributed by atoms with Crippen molar-refractivity contribution in [2.75, 3.05) is 11.6 Å². The third-order valence-electron chi connectivity index (χ3n) is 2.84. The van der Waals surface area contributed by atoms with Gasteiger partial charge in [-0.15, -0.1) is 11.8 Å². The number of carbonyl (C=O) groups is 1. The van der Waals surface area contributed by atoms with Crippen LogP contribution in [0.15, 0.2) is 41.3 Å². The van der Waals surface area contributed by atoms with Crippen molar-refractivity contribution in [2.45, 2.75) is 4.90 Å². The van der Waals surface area contributed by atoms with Gasteiger partial charge in [0.1, 0.15) is 11.9 Å². The number of hydrogen-bond acceptors (Lipinski definition) is 4. The van der Waals surface area contributed by atoms with Gasteiger partial charge in [0.25, 0.3) is 0 Å². The lowest BCUT2D eigenvalue weighted by Crippen LogP contribution is -2.01. The minimum Gasteiger partial charge on any atom is -0.478 e. The van der Waals surface area contributed by atoms with Crippen molar-refractivity contribution in [3.63, 3.8) is 0 Å². The molecule has 6 heteroatoms. The van der Waals surface area contributed by atoms with E-state index in [4.69, 9.17) is 5.11 Å². The van der Waals surface area contributed by atoms with Crippen LogP contribution in [0, 0.1) is 17.1 Å². The summed E-state index contributed by atoms with van der Waals surface area (Å²) in [5.41, 5.74) is 0.893. The van der Waals surface area contributed by atoms with Crippen molar-refractivity contribution in [1.82, 2.24) is 0 Å². The topological polar surface area (TPSA) is 73.1 Å². The number of hydrogen-bond donors (Lipinski definition) is 2. The van der Waals surface area contributed by atoms with Crippen LogP contribution >= 0.6 is 11.8 Å². The van der Waals surface area contributed by atoms with Gasteiger partial charge >= 0.3 is 5.97 Å². The standard InChI is InChI=1S/C15H11FN2O2S/c1-21-14-4-2-3-12(10(14)8-17)18-13-6-5-9(15(19)20)7-11(13)16/h2-7,18H,1H3,(H,19,20). The molecule has 0 aliphatic rings. The van der Waals surface area contributed by atoms with Gasteiger partial charge in [-0.3, -0.25) is 0 Å². The van der Waals surface area contributed by atoms with E-state index < -0.39 is 11.8 Å². The molecule has 0 atom stereocenters. The van der Waals surface area contributed by atoms with E-state index >= 15 is 0 Å². The van der Waals surface area contributed by atoms with Gasteiger partial charge in [-0.2, -0.15) is 5.26 Å². The normalized spacial score (nSPS) is 9.95. The van der Waals surface area contributed by atoms with Crippen LogP contribution < -0.4 is 5.32 Å². The Balaban J connectivity index is 2.39. The molecule has 2 aromatic rings. The second-order valence-corrected chi connectivity index (χ2v) is 4.97. The van der Waals surface area contributed by atoms with Crippen molar-refractivity contribution < 1.29 is 14.3 Å². The van der Waals surface area contributed by atoms with Crippen LogP contribution in [0.1, 0.15) is 15.9 Å². The number of carboxylic acids is 1. The first-order chi connectivity index (χ1) is 10.1. The highest BCUT2D eigenvalue weighted by atomic mass is 32.2. The summed E-state index contributed by atoms with van der Waals surface area (Å²) in [6, 6.07) is 10.9. The molecule has 2 N–H and O–H groups in total. The largest absolute Gasteiger partial charge is 0.478 e. The van der Waals surface area contributed by atoms with Crippen LogP contribution in [0.2, 0.25) is 0 Å². The predicted octanol–water partition coefficient (Wildman–Crippen LogP) is 3.86. The third kappa shape index (κ3) is 3.15. The maximum absolute atomic E-state index is 13.9. The second kappa shape index (κ2) is 6.29. The first kappa shape index (κ1) is 14.9. The molecule has 4 nitrogen and oxygen atoms in total. The molecule has 2 rings (SSSR count). The fourth-order valence-electron chi connectivity index (χ4n) is 1.82. The first-order valence-corrected chi connectivity index (χ1v) is 7.16. The summed E-state index contributed by atoms with van der Waals surface area (Å²) in [6.07, 6.45) is 1.85. The number of carboxylic acid groups (broad SMARTS) is 1. The highest BCUT2D eigenvalue weighted by Gasteiger charge is 2.11. The number of aromatic carboxylic acids is 1. The van der Waals surface area contributed by atoms with Gasteiger partial charge in [-0.1, -0.05) is 6.07 Å². The van der Waals surface area contributed by atoms with Crippen molar-refractivity contribution in [2.24, 2.45) is 0 Å². The van der Waals surface area contributed by atoms with Crippen LogP contribution in [-0.4, -0.2) is 17.3 Å². The van der Waals surface area contributed by atoms with Crippen LogP contribution in [0.5, 0.6) is 0 Å². The maximum Gasteiger partial charge on any atom is 0.335 e. The van der Waals surface area contributed by atoms with E-state index in [0.29, 0.717) is 11.3 Å². The summed E-state index contributed by atoms with van der Waals surface area (Å²) >= 11 is 1.42. The summed E-state index contributed by atoms with van der Waals surface area (Å²) < 4.78 is 13.9.